The molecule has 0 fully saturated rings. The Kier molecular flexibility index (Phi) is 4.88. The Hall–Kier alpha value is -1.15. The number of aromatic nitrogens is 3. The van der Waals surface area contributed by atoms with Crippen LogP contribution < -0.4 is 0 Å². The summed E-state index contributed by atoms with van der Waals surface area (Å²) in [6, 6.07) is 5.27. The molecule has 0 saturated heterocycles. The number of rotatable bonds is 5. The molecule has 9 heteroatoms. The van der Waals surface area contributed by atoms with E-state index in [4.69, 9.17) is 27.0 Å². The molecule has 0 spiro atoms. The molecule has 0 radical (unpaired) electrons. The molecule has 0 bridgehead atoms. The van der Waals surface area contributed by atoms with Crippen LogP contribution in [0, 0.1) is 6.92 Å². The quantitative estimate of drug-likeness (QED) is 0.775. The SMILES string of the molecule is COCCn1c(-c2ccc(Cl)c(C)c2)nnc1S(=O)(=O)Cl. The normalized spacial score (nSPS) is 11.8. The number of ether oxygens (including phenoxy) is 1. The summed E-state index contributed by atoms with van der Waals surface area (Å²) in [5, 5.41) is 7.92. The van der Waals surface area contributed by atoms with Gasteiger partial charge in [0.05, 0.1) is 13.2 Å². The molecule has 2 rings (SSSR count). The van der Waals surface area contributed by atoms with Crippen LogP contribution in [0.25, 0.3) is 11.4 Å². The molecular weight excluding hydrogens is 337 g/mol. The summed E-state index contributed by atoms with van der Waals surface area (Å²) in [5.74, 6) is 0.394. The van der Waals surface area contributed by atoms with Crippen molar-refractivity contribution in [1.29, 1.82) is 0 Å². The number of aryl methyl sites for hydroxylation is 1. The molecule has 1 heterocycles. The van der Waals surface area contributed by atoms with E-state index in [2.05, 4.69) is 10.2 Å². The topological polar surface area (TPSA) is 74.1 Å². The zero-order chi connectivity index (χ0) is 15.6. The van der Waals surface area contributed by atoms with E-state index in [1.165, 1.54) is 11.7 Å². The summed E-state index contributed by atoms with van der Waals surface area (Å²) in [7, 11) is 2.92. The van der Waals surface area contributed by atoms with Crippen LogP contribution in [0.4, 0.5) is 0 Å². The highest BCUT2D eigenvalue weighted by atomic mass is 35.7. The Labute approximate surface area is 132 Å². The van der Waals surface area contributed by atoms with Crippen LogP contribution >= 0.6 is 22.3 Å². The van der Waals surface area contributed by atoms with Gasteiger partial charge in [0.2, 0.25) is 0 Å². The fourth-order valence-corrected chi connectivity index (χ4v) is 2.89. The van der Waals surface area contributed by atoms with E-state index in [-0.39, 0.29) is 11.7 Å². The highest BCUT2D eigenvalue weighted by Gasteiger charge is 2.23. The van der Waals surface area contributed by atoms with Gasteiger partial charge in [-0.05, 0) is 30.7 Å². The maximum Gasteiger partial charge on any atom is 0.296 e. The lowest BCUT2D eigenvalue weighted by Gasteiger charge is -2.09. The van der Waals surface area contributed by atoms with E-state index < -0.39 is 9.05 Å². The Morgan fingerprint density at radius 1 is 1.33 bits per heavy atom. The van der Waals surface area contributed by atoms with Crippen molar-refractivity contribution in [2.75, 3.05) is 13.7 Å². The fourth-order valence-electron chi connectivity index (χ4n) is 1.85. The summed E-state index contributed by atoms with van der Waals surface area (Å²) >= 11 is 5.99. The minimum absolute atomic E-state index is 0.266. The molecule has 0 saturated carbocycles. The summed E-state index contributed by atoms with van der Waals surface area (Å²) in [5.41, 5.74) is 1.55. The zero-order valence-corrected chi connectivity index (χ0v) is 13.7. The van der Waals surface area contributed by atoms with Gasteiger partial charge >= 0.3 is 0 Å². The Morgan fingerprint density at radius 2 is 2.05 bits per heavy atom. The number of methoxy groups -OCH3 is 1. The van der Waals surface area contributed by atoms with Gasteiger partial charge in [0.25, 0.3) is 14.2 Å². The number of nitrogens with zero attached hydrogens (tertiary/aromatic N) is 3. The monoisotopic (exact) mass is 349 g/mol. The van der Waals surface area contributed by atoms with Gasteiger partial charge in [-0.1, -0.05) is 11.6 Å². The van der Waals surface area contributed by atoms with Gasteiger partial charge < -0.3 is 4.74 Å². The highest BCUT2D eigenvalue weighted by molar-refractivity contribution is 8.13. The van der Waals surface area contributed by atoms with Gasteiger partial charge in [-0.3, -0.25) is 4.57 Å². The molecule has 0 N–H and O–H groups in total. The van der Waals surface area contributed by atoms with E-state index in [1.54, 1.807) is 18.2 Å². The highest BCUT2D eigenvalue weighted by Crippen LogP contribution is 2.26. The smallest absolute Gasteiger partial charge is 0.296 e. The number of benzene rings is 1. The fraction of sp³-hybridized carbons (Fsp3) is 0.333. The molecule has 0 aliphatic rings. The van der Waals surface area contributed by atoms with Gasteiger partial charge in [-0.15, -0.1) is 10.2 Å². The lowest BCUT2D eigenvalue weighted by molar-refractivity contribution is 0.185. The van der Waals surface area contributed by atoms with E-state index in [0.29, 0.717) is 23.0 Å². The first-order chi connectivity index (χ1) is 9.84. The maximum atomic E-state index is 11.6. The van der Waals surface area contributed by atoms with Crippen LogP contribution in [-0.2, 0) is 20.3 Å². The Balaban J connectivity index is 2.57. The van der Waals surface area contributed by atoms with Crippen LogP contribution in [0.2, 0.25) is 5.02 Å². The first-order valence-corrected chi connectivity index (χ1v) is 8.66. The van der Waals surface area contributed by atoms with Gasteiger partial charge in [0.15, 0.2) is 5.82 Å². The summed E-state index contributed by atoms with van der Waals surface area (Å²) in [4.78, 5) is 0. The van der Waals surface area contributed by atoms with Crippen molar-refractivity contribution >= 4 is 31.3 Å². The van der Waals surface area contributed by atoms with E-state index in [9.17, 15) is 8.42 Å². The third-order valence-electron chi connectivity index (χ3n) is 2.87. The standard InChI is InChI=1S/C12H13Cl2N3O3S/c1-8-7-9(3-4-10(8)13)11-15-16-12(21(14,18)19)17(11)5-6-20-2/h3-4,7H,5-6H2,1-2H3. The van der Waals surface area contributed by atoms with E-state index >= 15 is 0 Å². The van der Waals surface area contributed by atoms with Crippen molar-refractivity contribution in [2.24, 2.45) is 0 Å². The molecule has 0 amide bonds. The molecule has 0 aliphatic carbocycles. The molecule has 2 aromatic rings. The second-order valence-electron chi connectivity index (χ2n) is 4.35. The van der Waals surface area contributed by atoms with Crippen LogP contribution in [0.15, 0.2) is 23.4 Å². The maximum absolute atomic E-state index is 11.6. The average molecular weight is 350 g/mol. The van der Waals surface area contributed by atoms with Crippen molar-refractivity contribution in [3.8, 4) is 11.4 Å². The predicted molar refractivity (Wildman–Crippen MR) is 80.1 cm³/mol. The minimum Gasteiger partial charge on any atom is -0.383 e. The van der Waals surface area contributed by atoms with Crippen molar-refractivity contribution in [3.63, 3.8) is 0 Å². The third kappa shape index (κ3) is 3.55. The van der Waals surface area contributed by atoms with Crippen molar-refractivity contribution in [3.05, 3.63) is 28.8 Å². The molecule has 21 heavy (non-hydrogen) atoms. The van der Waals surface area contributed by atoms with Gasteiger partial charge in [0, 0.05) is 28.4 Å². The largest absolute Gasteiger partial charge is 0.383 e. The second-order valence-corrected chi connectivity index (χ2v) is 7.22. The lowest BCUT2D eigenvalue weighted by Crippen LogP contribution is -2.11. The Morgan fingerprint density at radius 3 is 2.62 bits per heavy atom. The molecule has 0 aliphatic heterocycles. The summed E-state index contributed by atoms with van der Waals surface area (Å²) < 4.78 is 29.5. The molecule has 0 atom stereocenters. The molecular formula is C12H13Cl2N3O3S. The lowest BCUT2D eigenvalue weighted by atomic mass is 10.1. The zero-order valence-electron chi connectivity index (χ0n) is 11.4. The van der Waals surface area contributed by atoms with Gasteiger partial charge in [-0.2, -0.15) is 0 Å². The van der Waals surface area contributed by atoms with E-state index in [0.717, 1.165) is 5.56 Å². The van der Waals surface area contributed by atoms with E-state index in [1.807, 2.05) is 6.92 Å². The van der Waals surface area contributed by atoms with Crippen LogP contribution in [0.3, 0.4) is 0 Å². The Bertz CT molecular complexity index is 759. The third-order valence-corrected chi connectivity index (χ3v) is 4.45. The average Bonchev–Trinajstić information content (AvgIpc) is 2.83. The minimum atomic E-state index is -3.99. The van der Waals surface area contributed by atoms with Gasteiger partial charge in [-0.25, -0.2) is 8.42 Å². The molecule has 0 unspecified atom stereocenters. The molecule has 1 aromatic heterocycles. The first kappa shape index (κ1) is 16.2. The van der Waals surface area contributed by atoms with Crippen molar-refractivity contribution in [1.82, 2.24) is 14.8 Å². The summed E-state index contributed by atoms with van der Waals surface area (Å²) in [6.07, 6.45) is 0. The first-order valence-electron chi connectivity index (χ1n) is 5.98. The van der Waals surface area contributed by atoms with Crippen LogP contribution in [0.5, 0.6) is 0 Å². The number of halogens is 2. The van der Waals surface area contributed by atoms with Crippen molar-refractivity contribution < 1.29 is 13.2 Å². The van der Waals surface area contributed by atoms with Gasteiger partial charge in [0.1, 0.15) is 0 Å². The van der Waals surface area contributed by atoms with Crippen LogP contribution in [0.1, 0.15) is 5.56 Å². The van der Waals surface area contributed by atoms with Crippen molar-refractivity contribution in [2.45, 2.75) is 18.6 Å². The summed E-state index contributed by atoms with van der Waals surface area (Å²) in [6.45, 7) is 2.42. The second kappa shape index (κ2) is 6.31. The predicted octanol–water partition coefficient (Wildman–Crippen LogP) is 2.48. The van der Waals surface area contributed by atoms with Crippen LogP contribution in [-0.4, -0.2) is 36.9 Å². The molecule has 6 nitrogen and oxygen atoms in total. The number of hydrogen-bond donors (Lipinski definition) is 0. The molecule has 1 aromatic carbocycles. The molecule has 114 valence electrons. The number of hydrogen-bond acceptors (Lipinski definition) is 5.